The van der Waals surface area contributed by atoms with E-state index in [1.807, 2.05) is 0 Å². The van der Waals surface area contributed by atoms with Crippen molar-refractivity contribution < 1.29 is 27.1 Å². The van der Waals surface area contributed by atoms with Crippen molar-refractivity contribution in [2.45, 2.75) is 20.2 Å². The third-order valence-electron chi connectivity index (χ3n) is 3.51. The lowest BCUT2D eigenvalue weighted by Crippen LogP contribution is -2.17. The second-order valence-corrected chi connectivity index (χ2v) is 5.92. The molecule has 0 atom stereocenters. The maximum atomic E-state index is 12.2. The monoisotopic (exact) mass is 364 g/mol. The fourth-order valence-electron chi connectivity index (χ4n) is 2.21. The van der Waals surface area contributed by atoms with Crippen LogP contribution in [0.25, 0.3) is 22.6 Å². The van der Waals surface area contributed by atoms with E-state index >= 15 is 0 Å². The zero-order valence-electron chi connectivity index (χ0n) is 13.9. The summed E-state index contributed by atoms with van der Waals surface area (Å²) in [5, 5.41) is 2.77. The van der Waals surface area contributed by atoms with Crippen LogP contribution in [0.3, 0.4) is 0 Å². The van der Waals surface area contributed by atoms with Crippen LogP contribution in [-0.4, -0.2) is 17.3 Å². The van der Waals surface area contributed by atoms with Gasteiger partial charge in [0.25, 0.3) is 0 Å². The lowest BCUT2D eigenvalue weighted by Gasteiger charge is -2.08. The number of anilines is 1. The van der Waals surface area contributed by atoms with Gasteiger partial charge in [0.15, 0.2) is 5.58 Å². The van der Waals surface area contributed by atoms with Crippen LogP contribution in [0.15, 0.2) is 46.9 Å². The predicted molar refractivity (Wildman–Crippen MR) is 89.6 cm³/mol. The van der Waals surface area contributed by atoms with Gasteiger partial charge in [0.05, 0.1) is 0 Å². The molecule has 1 amide bonds. The van der Waals surface area contributed by atoms with Crippen molar-refractivity contribution >= 4 is 22.7 Å². The molecular weight excluding hydrogens is 349 g/mol. The van der Waals surface area contributed by atoms with Crippen molar-refractivity contribution in [3.63, 3.8) is 0 Å². The first-order chi connectivity index (χ1) is 12.2. The van der Waals surface area contributed by atoms with Crippen LogP contribution in [-0.2, 0) is 4.79 Å². The quantitative estimate of drug-likeness (QED) is 0.708. The minimum absolute atomic E-state index is 0.117. The third-order valence-corrected chi connectivity index (χ3v) is 3.51. The summed E-state index contributed by atoms with van der Waals surface area (Å²) in [5.74, 6) is -0.341. The number of alkyl halides is 3. The largest absolute Gasteiger partial charge is 0.573 e. The Hall–Kier alpha value is -3.03. The Kier molecular flexibility index (Phi) is 4.58. The lowest BCUT2D eigenvalue weighted by atomic mass is 10.2. The van der Waals surface area contributed by atoms with Gasteiger partial charge in [0, 0.05) is 17.2 Å². The van der Waals surface area contributed by atoms with Gasteiger partial charge in [-0.05, 0) is 42.5 Å². The number of hydrogen-bond acceptors (Lipinski definition) is 4. The summed E-state index contributed by atoms with van der Waals surface area (Å²) in [4.78, 5) is 16.1. The first-order valence-electron chi connectivity index (χ1n) is 7.79. The molecule has 3 rings (SSSR count). The molecule has 3 aromatic rings. The smallest absolute Gasteiger partial charge is 0.436 e. The Labute approximate surface area is 146 Å². The van der Waals surface area contributed by atoms with Gasteiger partial charge >= 0.3 is 6.36 Å². The number of nitrogens with zero attached hydrogens (tertiary/aromatic N) is 1. The van der Waals surface area contributed by atoms with Crippen LogP contribution < -0.4 is 10.1 Å². The fraction of sp³-hybridized carbons (Fsp3) is 0.222. The molecule has 0 fully saturated rings. The van der Waals surface area contributed by atoms with Crippen LogP contribution in [0.5, 0.6) is 5.75 Å². The summed E-state index contributed by atoms with van der Waals surface area (Å²) in [6, 6.07) is 10.3. The SMILES string of the molecule is CC(C)C(=O)Nc1ccc2oc(-c3ccc(OC(F)(F)F)cc3)nc2c1. The van der Waals surface area contributed by atoms with E-state index < -0.39 is 6.36 Å². The summed E-state index contributed by atoms with van der Waals surface area (Å²) in [7, 11) is 0. The van der Waals surface area contributed by atoms with Crippen molar-refractivity contribution in [3.8, 4) is 17.2 Å². The minimum Gasteiger partial charge on any atom is -0.436 e. The number of carbonyl (C=O) groups excluding carboxylic acids is 1. The van der Waals surface area contributed by atoms with Crippen molar-refractivity contribution in [2.24, 2.45) is 5.92 Å². The topological polar surface area (TPSA) is 64.4 Å². The molecule has 0 aliphatic heterocycles. The van der Waals surface area contributed by atoms with Gasteiger partial charge in [-0.3, -0.25) is 4.79 Å². The maximum absolute atomic E-state index is 12.2. The van der Waals surface area contributed by atoms with Gasteiger partial charge in [-0.1, -0.05) is 13.8 Å². The molecule has 0 aliphatic rings. The molecule has 5 nitrogen and oxygen atoms in total. The zero-order valence-corrected chi connectivity index (χ0v) is 13.9. The Morgan fingerprint density at radius 2 is 1.85 bits per heavy atom. The summed E-state index contributed by atoms with van der Waals surface area (Å²) in [5.41, 5.74) is 2.11. The first kappa shape index (κ1) is 17.8. The summed E-state index contributed by atoms with van der Waals surface area (Å²) >= 11 is 0. The number of hydrogen-bond donors (Lipinski definition) is 1. The second kappa shape index (κ2) is 6.70. The zero-order chi connectivity index (χ0) is 18.9. The average molecular weight is 364 g/mol. The summed E-state index contributed by atoms with van der Waals surface area (Å²) in [6.45, 7) is 3.57. The van der Waals surface area contributed by atoms with E-state index in [1.165, 1.54) is 24.3 Å². The molecular formula is C18H15F3N2O3. The van der Waals surface area contributed by atoms with Crippen LogP contribution in [0.4, 0.5) is 18.9 Å². The third kappa shape index (κ3) is 4.14. The van der Waals surface area contributed by atoms with Crippen molar-refractivity contribution in [2.75, 3.05) is 5.32 Å². The van der Waals surface area contributed by atoms with E-state index in [1.54, 1.807) is 32.0 Å². The van der Waals surface area contributed by atoms with Crippen LogP contribution in [0.2, 0.25) is 0 Å². The summed E-state index contributed by atoms with van der Waals surface area (Å²) in [6.07, 6.45) is -4.74. The van der Waals surface area contributed by atoms with Crippen molar-refractivity contribution in [1.29, 1.82) is 0 Å². The van der Waals surface area contributed by atoms with Crippen LogP contribution >= 0.6 is 0 Å². The van der Waals surface area contributed by atoms with Crippen molar-refractivity contribution in [1.82, 2.24) is 4.98 Å². The van der Waals surface area contributed by atoms with E-state index in [4.69, 9.17) is 4.42 Å². The number of halogens is 3. The molecule has 0 saturated heterocycles. The number of fused-ring (bicyclic) bond motifs is 1. The Balaban J connectivity index is 1.83. The minimum atomic E-state index is -4.74. The average Bonchev–Trinajstić information content (AvgIpc) is 2.97. The Morgan fingerprint density at radius 1 is 1.15 bits per heavy atom. The van der Waals surface area contributed by atoms with E-state index in [2.05, 4.69) is 15.0 Å². The van der Waals surface area contributed by atoms with Gasteiger partial charge in [0.2, 0.25) is 11.8 Å². The van der Waals surface area contributed by atoms with E-state index in [0.29, 0.717) is 22.4 Å². The molecule has 0 radical (unpaired) electrons. The molecule has 0 bridgehead atoms. The van der Waals surface area contributed by atoms with Crippen LogP contribution in [0, 0.1) is 5.92 Å². The number of aromatic nitrogens is 1. The normalized spacial score (nSPS) is 11.8. The van der Waals surface area contributed by atoms with Gasteiger partial charge in [0.1, 0.15) is 11.3 Å². The molecule has 0 spiro atoms. The predicted octanol–water partition coefficient (Wildman–Crippen LogP) is 4.99. The van der Waals surface area contributed by atoms with Crippen molar-refractivity contribution in [3.05, 3.63) is 42.5 Å². The van der Waals surface area contributed by atoms with Gasteiger partial charge in [-0.15, -0.1) is 13.2 Å². The number of nitrogens with one attached hydrogen (secondary N) is 1. The molecule has 136 valence electrons. The molecule has 0 aliphatic carbocycles. The molecule has 0 unspecified atom stereocenters. The van der Waals surface area contributed by atoms with E-state index in [-0.39, 0.29) is 23.5 Å². The number of amides is 1. The Morgan fingerprint density at radius 3 is 2.46 bits per heavy atom. The van der Waals surface area contributed by atoms with E-state index in [0.717, 1.165) is 0 Å². The van der Waals surface area contributed by atoms with Crippen LogP contribution in [0.1, 0.15) is 13.8 Å². The molecule has 8 heteroatoms. The number of oxazole rings is 1. The highest BCUT2D eigenvalue weighted by molar-refractivity contribution is 5.94. The van der Waals surface area contributed by atoms with E-state index in [9.17, 15) is 18.0 Å². The highest BCUT2D eigenvalue weighted by Gasteiger charge is 2.31. The lowest BCUT2D eigenvalue weighted by molar-refractivity contribution is -0.274. The molecule has 1 heterocycles. The number of rotatable bonds is 4. The summed E-state index contributed by atoms with van der Waals surface area (Å²) < 4.78 is 46.0. The first-order valence-corrected chi connectivity index (χ1v) is 7.79. The molecule has 26 heavy (non-hydrogen) atoms. The highest BCUT2D eigenvalue weighted by Crippen LogP contribution is 2.29. The number of benzene rings is 2. The standard InChI is InChI=1S/C18H15F3N2O3/c1-10(2)16(24)22-12-5-8-15-14(9-12)23-17(25-15)11-3-6-13(7-4-11)26-18(19,20)21/h3-10H,1-2H3,(H,22,24). The molecule has 1 N–H and O–H groups in total. The molecule has 1 aromatic heterocycles. The molecule has 2 aromatic carbocycles. The maximum Gasteiger partial charge on any atom is 0.573 e. The number of carbonyl (C=O) groups is 1. The number of ether oxygens (including phenoxy) is 1. The fourth-order valence-corrected chi connectivity index (χ4v) is 2.21. The molecule has 0 saturated carbocycles. The highest BCUT2D eigenvalue weighted by atomic mass is 19.4. The van der Waals surface area contributed by atoms with Gasteiger partial charge in [-0.25, -0.2) is 4.98 Å². The Bertz CT molecular complexity index is 931. The van der Waals surface area contributed by atoms with Gasteiger partial charge < -0.3 is 14.5 Å². The van der Waals surface area contributed by atoms with Gasteiger partial charge in [-0.2, -0.15) is 0 Å². The second-order valence-electron chi connectivity index (χ2n) is 5.92.